The molecule has 118 valence electrons. The first-order chi connectivity index (χ1) is 11.1. The van der Waals surface area contributed by atoms with Crippen LogP contribution in [0.4, 0.5) is 11.4 Å². The van der Waals surface area contributed by atoms with E-state index < -0.39 is 0 Å². The van der Waals surface area contributed by atoms with Crippen molar-refractivity contribution in [2.75, 3.05) is 30.5 Å². The summed E-state index contributed by atoms with van der Waals surface area (Å²) >= 11 is 0. The van der Waals surface area contributed by atoms with Gasteiger partial charge in [0.15, 0.2) is 0 Å². The lowest BCUT2D eigenvalue weighted by Crippen LogP contribution is -2.41. The molecule has 4 rings (SSSR count). The molecule has 0 saturated carbocycles. The van der Waals surface area contributed by atoms with Crippen LogP contribution >= 0.6 is 0 Å². The van der Waals surface area contributed by atoms with E-state index in [2.05, 4.69) is 24.1 Å². The molecule has 2 aromatic rings. The van der Waals surface area contributed by atoms with Crippen molar-refractivity contribution in [1.82, 2.24) is 0 Å². The highest BCUT2D eigenvalue weighted by Crippen LogP contribution is 2.39. The first-order valence-corrected chi connectivity index (χ1v) is 7.91. The van der Waals surface area contributed by atoms with Gasteiger partial charge in [0.25, 0.3) is 5.91 Å². The molecule has 23 heavy (non-hydrogen) atoms. The van der Waals surface area contributed by atoms with Crippen LogP contribution in [-0.2, 0) is 6.42 Å². The molecule has 1 amide bonds. The van der Waals surface area contributed by atoms with Gasteiger partial charge in [0.05, 0.1) is 18.7 Å². The predicted octanol–water partition coefficient (Wildman–Crippen LogP) is 3.02. The van der Waals surface area contributed by atoms with Gasteiger partial charge in [-0.1, -0.05) is 18.2 Å². The number of nitrogens with zero attached hydrogens (tertiary/aromatic N) is 2. The topological polar surface area (TPSA) is 32.8 Å². The zero-order valence-electron chi connectivity index (χ0n) is 13.7. The lowest BCUT2D eigenvalue weighted by Gasteiger charge is -2.25. The maximum absolute atomic E-state index is 13.2. The number of hydrogen-bond acceptors (Lipinski definition) is 3. The van der Waals surface area contributed by atoms with Gasteiger partial charge in [0.2, 0.25) is 0 Å². The summed E-state index contributed by atoms with van der Waals surface area (Å²) in [4.78, 5) is 17.4. The Morgan fingerprint density at radius 3 is 2.74 bits per heavy atom. The SMILES string of the molecule is COc1cc2c(cc1C)N(C)C[C@@H]1Cc3ccccc3N1C2=O. The number of carbonyl (C=O) groups excluding carboxylic acids is 1. The van der Waals surface area contributed by atoms with Gasteiger partial charge in [-0.05, 0) is 42.7 Å². The lowest BCUT2D eigenvalue weighted by molar-refractivity contribution is 0.0983. The van der Waals surface area contributed by atoms with Gasteiger partial charge in [-0.3, -0.25) is 4.79 Å². The molecule has 0 aliphatic carbocycles. The van der Waals surface area contributed by atoms with E-state index in [1.807, 2.05) is 36.1 Å². The summed E-state index contributed by atoms with van der Waals surface area (Å²) in [5.74, 6) is 0.828. The molecule has 2 aliphatic heterocycles. The van der Waals surface area contributed by atoms with E-state index in [-0.39, 0.29) is 11.9 Å². The third kappa shape index (κ3) is 2.01. The van der Waals surface area contributed by atoms with Crippen LogP contribution in [0.2, 0.25) is 0 Å². The van der Waals surface area contributed by atoms with E-state index in [1.54, 1.807) is 7.11 Å². The van der Waals surface area contributed by atoms with Gasteiger partial charge in [0, 0.05) is 25.0 Å². The quantitative estimate of drug-likeness (QED) is 0.812. The van der Waals surface area contributed by atoms with E-state index in [9.17, 15) is 4.79 Å². The lowest BCUT2D eigenvalue weighted by atomic mass is 10.1. The first kappa shape index (κ1) is 14.1. The second-order valence-corrected chi connectivity index (χ2v) is 6.38. The van der Waals surface area contributed by atoms with Gasteiger partial charge in [-0.2, -0.15) is 0 Å². The molecule has 0 unspecified atom stereocenters. The van der Waals surface area contributed by atoms with Crippen molar-refractivity contribution in [3.63, 3.8) is 0 Å². The number of ether oxygens (including phenoxy) is 1. The number of hydrogen-bond donors (Lipinski definition) is 0. The number of amides is 1. The molecule has 4 nitrogen and oxygen atoms in total. The predicted molar refractivity (Wildman–Crippen MR) is 91.7 cm³/mol. The molecule has 0 bridgehead atoms. The number of carbonyl (C=O) groups is 1. The van der Waals surface area contributed by atoms with Crippen molar-refractivity contribution >= 4 is 17.3 Å². The normalized spacial score (nSPS) is 19.1. The highest BCUT2D eigenvalue weighted by Gasteiger charge is 2.38. The standard InChI is InChI=1S/C19H20N2O2/c1-12-8-17-15(10-18(12)23-3)19(22)21-14(11-20(17)2)9-13-6-4-5-7-16(13)21/h4-8,10,14H,9,11H2,1-3H3/t14-/m0/s1. The Morgan fingerprint density at radius 2 is 1.96 bits per heavy atom. The smallest absolute Gasteiger partial charge is 0.260 e. The molecule has 2 aliphatic rings. The Morgan fingerprint density at radius 1 is 1.17 bits per heavy atom. The Balaban J connectivity index is 1.89. The van der Waals surface area contributed by atoms with Crippen LogP contribution in [0.25, 0.3) is 0 Å². The zero-order chi connectivity index (χ0) is 16.1. The average molecular weight is 308 g/mol. The highest BCUT2D eigenvalue weighted by atomic mass is 16.5. The Kier molecular flexibility index (Phi) is 3.08. The number of fused-ring (bicyclic) bond motifs is 4. The summed E-state index contributed by atoms with van der Waals surface area (Å²) in [6, 6.07) is 12.3. The highest BCUT2D eigenvalue weighted by molar-refractivity contribution is 6.12. The molecule has 0 fully saturated rings. The number of aryl methyl sites for hydroxylation is 1. The first-order valence-electron chi connectivity index (χ1n) is 7.91. The fourth-order valence-corrected chi connectivity index (χ4v) is 3.81. The minimum atomic E-state index is 0.0672. The van der Waals surface area contributed by atoms with Crippen LogP contribution in [0.15, 0.2) is 36.4 Å². The molecule has 0 aromatic heterocycles. The zero-order valence-corrected chi connectivity index (χ0v) is 13.7. The molecule has 1 atom stereocenters. The van der Waals surface area contributed by atoms with Gasteiger partial charge >= 0.3 is 0 Å². The van der Waals surface area contributed by atoms with Crippen molar-refractivity contribution < 1.29 is 9.53 Å². The van der Waals surface area contributed by atoms with Crippen LogP contribution in [0, 0.1) is 6.92 Å². The third-order valence-corrected chi connectivity index (χ3v) is 4.93. The molecular formula is C19H20N2O2. The molecule has 4 heteroatoms. The summed E-state index contributed by atoms with van der Waals surface area (Å²) in [5, 5.41) is 0. The van der Waals surface area contributed by atoms with E-state index in [4.69, 9.17) is 4.74 Å². The van der Waals surface area contributed by atoms with Gasteiger partial charge < -0.3 is 14.5 Å². The summed E-state index contributed by atoms with van der Waals surface area (Å²) < 4.78 is 5.43. The van der Waals surface area contributed by atoms with Crippen molar-refractivity contribution in [3.8, 4) is 5.75 Å². The van der Waals surface area contributed by atoms with Gasteiger partial charge in [-0.15, -0.1) is 0 Å². The third-order valence-electron chi connectivity index (χ3n) is 4.93. The van der Waals surface area contributed by atoms with Gasteiger partial charge in [0.1, 0.15) is 5.75 Å². The molecular weight excluding hydrogens is 288 g/mol. The summed E-state index contributed by atoms with van der Waals surface area (Å²) in [6.45, 7) is 2.85. The van der Waals surface area contributed by atoms with Crippen LogP contribution in [-0.4, -0.2) is 32.7 Å². The van der Waals surface area contributed by atoms with Gasteiger partial charge in [-0.25, -0.2) is 0 Å². The minimum Gasteiger partial charge on any atom is -0.496 e. The summed E-state index contributed by atoms with van der Waals surface area (Å²) in [5.41, 5.74) is 5.05. The van der Waals surface area contributed by atoms with Crippen LogP contribution in [0.3, 0.4) is 0 Å². The van der Waals surface area contributed by atoms with E-state index in [0.29, 0.717) is 5.56 Å². The molecule has 0 N–H and O–H groups in total. The van der Waals surface area contributed by atoms with E-state index in [0.717, 1.165) is 35.7 Å². The summed E-state index contributed by atoms with van der Waals surface area (Å²) in [6.07, 6.45) is 0.913. The van der Waals surface area contributed by atoms with Crippen molar-refractivity contribution in [1.29, 1.82) is 0 Å². The second kappa shape index (κ2) is 5.01. The molecule has 0 saturated heterocycles. The van der Waals surface area contributed by atoms with Crippen LogP contribution in [0.5, 0.6) is 5.75 Å². The van der Waals surface area contributed by atoms with Crippen LogP contribution in [0.1, 0.15) is 21.5 Å². The minimum absolute atomic E-state index is 0.0672. The van der Waals surface area contributed by atoms with Crippen LogP contribution < -0.4 is 14.5 Å². The average Bonchev–Trinajstić information content (AvgIpc) is 2.87. The Labute approximate surface area is 136 Å². The Bertz CT molecular complexity index is 800. The molecule has 2 heterocycles. The van der Waals surface area contributed by atoms with Crippen molar-refractivity contribution in [3.05, 3.63) is 53.1 Å². The number of rotatable bonds is 1. The fraction of sp³-hybridized carbons (Fsp3) is 0.316. The number of para-hydroxylation sites is 1. The summed E-state index contributed by atoms with van der Waals surface area (Å²) in [7, 11) is 3.71. The maximum atomic E-state index is 13.2. The molecule has 0 spiro atoms. The number of benzene rings is 2. The number of likely N-dealkylation sites (N-methyl/N-ethyl adjacent to an activating group) is 1. The maximum Gasteiger partial charge on any atom is 0.260 e. The second-order valence-electron chi connectivity index (χ2n) is 6.38. The largest absolute Gasteiger partial charge is 0.496 e. The van der Waals surface area contributed by atoms with E-state index in [1.165, 1.54) is 5.56 Å². The fourth-order valence-electron chi connectivity index (χ4n) is 3.81. The molecule has 2 aromatic carbocycles. The van der Waals surface area contributed by atoms with Crippen molar-refractivity contribution in [2.24, 2.45) is 0 Å². The Hall–Kier alpha value is -2.49. The number of anilines is 2. The van der Waals surface area contributed by atoms with Crippen molar-refractivity contribution in [2.45, 2.75) is 19.4 Å². The number of methoxy groups -OCH3 is 1. The molecule has 0 radical (unpaired) electrons. The van der Waals surface area contributed by atoms with E-state index >= 15 is 0 Å². The monoisotopic (exact) mass is 308 g/mol.